The van der Waals surface area contributed by atoms with Crippen molar-refractivity contribution in [2.75, 3.05) is 24.8 Å². The topological polar surface area (TPSA) is 89.8 Å². The molecule has 0 saturated carbocycles. The first-order chi connectivity index (χ1) is 17.0. The van der Waals surface area contributed by atoms with Gasteiger partial charge in [-0.15, -0.1) is 0 Å². The number of anilines is 3. The highest BCUT2D eigenvalue weighted by atomic mass is 19.1. The molecule has 0 spiro atoms. The Labute approximate surface area is 201 Å². The number of aryl methyl sites for hydroxylation is 1. The number of nitrogens with zero attached hydrogens (tertiary/aromatic N) is 5. The summed E-state index contributed by atoms with van der Waals surface area (Å²) in [6.07, 6.45) is 3.05. The van der Waals surface area contributed by atoms with Crippen molar-refractivity contribution in [1.82, 2.24) is 24.7 Å². The van der Waals surface area contributed by atoms with E-state index in [4.69, 9.17) is 9.72 Å². The van der Waals surface area contributed by atoms with E-state index < -0.39 is 12.5 Å². The van der Waals surface area contributed by atoms with Crippen LogP contribution >= 0.6 is 0 Å². The Morgan fingerprint density at radius 1 is 1.17 bits per heavy atom. The van der Waals surface area contributed by atoms with Gasteiger partial charge in [0, 0.05) is 30.3 Å². The lowest BCUT2D eigenvalue weighted by Gasteiger charge is -2.16. The molecule has 4 aromatic rings. The molecule has 10 heteroatoms. The number of rotatable bonds is 7. The summed E-state index contributed by atoms with van der Waals surface area (Å²) in [5.41, 5.74) is 4.03. The first-order valence-corrected chi connectivity index (χ1v) is 11.3. The van der Waals surface area contributed by atoms with Gasteiger partial charge in [0.05, 0.1) is 12.8 Å². The molecular weight excluding hydrogens is 452 g/mol. The number of alkyl halides is 1. The van der Waals surface area contributed by atoms with Crippen molar-refractivity contribution in [3.8, 4) is 11.4 Å². The van der Waals surface area contributed by atoms with Crippen LogP contribution in [-0.2, 0) is 13.1 Å². The largest absolute Gasteiger partial charge is 0.494 e. The molecule has 1 aliphatic carbocycles. The molecule has 0 fully saturated rings. The van der Waals surface area contributed by atoms with Crippen LogP contribution in [0.3, 0.4) is 0 Å². The lowest BCUT2D eigenvalue weighted by Crippen LogP contribution is -2.09. The Morgan fingerprint density at radius 2 is 2.03 bits per heavy atom. The summed E-state index contributed by atoms with van der Waals surface area (Å²) in [5, 5.41) is 10.7. The third-order valence-electron chi connectivity index (χ3n) is 6.17. The molecule has 8 nitrogen and oxygen atoms in total. The van der Waals surface area contributed by atoms with Crippen LogP contribution in [0.2, 0.25) is 0 Å². The second-order valence-electron chi connectivity index (χ2n) is 8.34. The molecule has 0 radical (unpaired) electrons. The monoisotopic (exact) mass is 477 g/mol. The average Bonchev–Trinajstić information content (AvgIpc) is 3.49. The highest BCUT2D eigenvalue weighted by Crippen LogP contribution is 2.41. The fourth-order valence-electron chi connectivity index (χ4n) is 4.50. The summed E-state index contributed by atoms with van der Waals surface area (Å²) in [6, 6.07) is 10.1. The highest BCUT2D eigenvalue weighted by molar-refractivity contribution is 5.64. The van der Waals surface area contributed by atoms with Gasteiger partial charge in [-0.25, -0.2) is 23.4 Å². The fraction of sp³-hybridized carbons (Fsp3) is 0.280. The molecule has 0 saturated heterocycles. The zero-order valence-electron chi connectivity index (χ0n) is 19.6. The van der Waals surface area contributed by atoms with Crippen molar-refractivity contribution in [3.63, 3.8) is 0 Å². The smallest absolute Gasteiger partial charge is 0.229 e. The molecule has 0 amide bonds. The van der Waals surface area contributed by atoms with Gasteiger partial charge in [0.15, 0.2) is 0 Å². The van der Waals surface area contributed by atoms with Gasteiger partial charge in [-0.2, -0.15) is 10.1 Å². The second-order valence-corrected chi connectivity index (χ2v) is 8.34. The number of aromatic nitrogens is 5. The molecule has 180 valence electrons. The standard InChI is InChI=1S/C25H25F2N7O/c1-14-29-13-34(33-14)21-9-5-16(11-22(21)35-3)30-25-31-23-18(7-8-19(23)24(28-2)32-25)17-6-4-15(12-26)10-20(17)27/h4-6,9-11,13,18H,7-8,12H2,1-3H3,(H2,28,30,31,32). The molecule has 5 rings (SSSR count). The van der Waals surface area contributed by atoms with Crippen LogP contribution in [0, 0.1) is 12.7 Å². The SMILES string of the molecule is CNc1nc(Nc2ccc(-n3cnc(C)n3)c(OC)c2)nc2c1CCC2c1ccc(CF)cc1F. The predicted molar refractivity (Wildman–Crippen MR) is 129 cm³/mol. The molecule has 1 unspecified atom stereocenters. The Bertz CT molecular complexity index is 1390. The average molecular weight is 478 g/mol. The van der Waals surface area contributed by atoms with Crippen molar-refractivity contribution >= 4 is 17.5 Å². The number of nitrogens with one attached hydrogen (secondary N) is 2. The Morgan fingerprint density at radius 3 is 2.71 bits per heavy atom. The van der Waals surface area contributed by atoms with Gasteiger partial charge in [0.2, 0.25) is 5.95 Å². The maximum Gasteiger partial charge on any atom is 0.229 e. The van der Waals surface area contributed by atoms with Gasteiger partial charge in [0.1, 0.15) is 41.9 Å². The lowest BCUT2D eigenvalue weighted by atomic mass is 9.95. The molecule has 2 heterocycles. The summed E-state index contributed by atoms with van der Waals surface area (Å²) in [7, 11) is 3.39. The van der Waals surface area contributed by atoms with Gasteiger partial charge in [0.25, 0.3) is 0 Å². The van der Waals surface area contributed by atoms with Gasteiger partial charge >= 0.3 is 0 Å². The summed E-state index contributed by atoms with van der Waals surface area (Å²) in [5.74, 6) is 1.69. The molecule has 35 heavy (non-hydrogen) atoms. The third-order valence-corrected chi connectivity index (χ3v) is 6.17. The van der Waals surface area contributed by atoms with E-state index in [1.54, 1.807) is 37.3 Å². The summed E-state index contributed by atoms with van der Waals surface area (Å²) in [4.78, 5) is 13.6. The van der Waals surface area contributed by atoms with Crippen LogP contribution in [0.5, 0.6) is 5.75 Å². The molecule has 0 bridgehead atoms. The van der Waals surface area contributed by atoms with E-state index in [-0.39, 0.29) is 5.92 Å². The molecule has 1 atom stereocenters. The van der Waals surface area contributed by atoms with E-state index in [0.29, 0.717) is 40.9 Å². The zero-order chi connectivity index (χ0) is 24.5. The molecule has 2 N–H and O–H groups in total. The third kappa shape index (κ3) is 4.27. The van der Waals surface area contributed by atoms with Crippen LogP contribution in [0.4, 0.5) is 26.2 Å². The zero-order valence-corrected chi connectivity index (χ0v) is 19.6. The normalized spacial score (nSPS) is 14.6. The van der Waals surface area contributed by atoms with Crippen molar-refractivity contribution < 1.29 is 13.5 Å². The highest BCUT2D eigenvalue weighted by Gasteiger charge is 2.31. The van der Waals surface area contributed by atoms with Crippen LogP contribution in [-0.4, -0.2) is 38.9 Å². The summed E-state index contributed by atoms with van der Waals surface area (Å²) >= 11 is 0. The van der Waals surface area contributed by atoms with E-state index in [9.17, 15) is 8.78 Å². The number of hydrogen-bond acceptors (Lipinski definition) is 7. The number of fused-ring (bicyclic) bond motifs is 1. The minimum absolute atomic E-state index is 0.234. The molecule has 1 aliphatic rings. The number of hydrogen-bond donors (Lipinski definition) is 2. The number of halogens is 2. The molecule has 2 aromatic carbocycles. The van der Waals surface area contributed by atoms with E-state index in [0.717, 1.165) is 29.1 Å². The molecule has 0 aliphatic heterocycles. The minimum atomic E-state index is -0.697. The number of ether oxygens (including phenoxy) is 1. The first kappa shape index (κ1) is 22.7. The summed E-state index contributed by atoms with van der Waals surface area (Å²) in [6.45, 7) is 1.12. The van der Waals surface area contributed by atoms with Crippen molar-refractivity contribution in [3.05, 3.63) is 76.8 Å². The van der Waals surface area contributed by atoms with E-state index >= 15 is 0 Å². The number of methoxy groups -OCH3 is 1. The Kier molecular flexibility index (Phi) is 6.02. The van der Waals surface area contributed by atoms with Crippen LogP contribution in [0.15, 0.2) is 42.7 Å². The summed E-state index contributed by atoms with van der Waals surface area (Å²) < 4.78 is 35.0. The van der Waals surface area contributed by atoms with Crippen LogP contribution in [0.25, 0.3) is 5.69 Å². The first-order valence-electron chi connectivity index (χ1n) is 11.3. The van der Waals surface area contributed by atoms with Crippen molar-refractivity contribution in [1.29, 1.82) is 0 Å². The number of benzene rings is 2. The van der Waals surface area contributed by atoms with Crippen LogP contribution < -0.4 is 15.4 Å². The van der Waals surface area contributed by atoms with E-state index in [1.165, 1.54) is 6.07 Å². The van der Waals surface area contributed by atoms with E-state index in [1.807, 2.05) is 25.1 Å². The second kappa shape index (κ2) is 9.28. The minimum Gasteiger partial charge on any atom is -0.494 e. The van der Waals surface area contributed by atoms with Crippen molar-refractivity contribution in [2.24, 2.45) is 0 Å². The van der Waals surface area contributed by atoms with Gasteiger partial charge < -0.3 is 15.4 Å². The van der Waals surface area contributed by atoms with E-state index in [2.05, 4.69) is 25.7 Å². The van der Waals surface area contributed by atoms with Gasteiger partial charge in [-0.1, -0.05) is 12.1 Å². The Hall–Kier alpha value is -4.08. The van der Waals surface area contributed by atoms with Gasteiger partial charge in [-0.3, -0.25) is 0 Å². The van der Waals surface area contributed by atoms with Crippen LogP contribution in [0.1, 0.15) is 40.5 Å². The maximum absolute atomic E-state index is 14.8. The van der Waals surface area contributed by atoms with Crippen molar-refractivity contribution in [2.45, 2.75) is 32.4 Å². The lowest BCUT2D eigenvalue weighted by molar-refractivity contribution is 0.412. The molecular formula is C25H25F2N7O. The van der Waals surface area contributed by atoms with Gasteiger partial charge in [-0.05, 0) is 49.1 Å². The predicted octanol–water partition coefficient (Wildman–Crippen LogP) is 4.85. The Balaban J connectivity index is 1.49. The fourth-order valence-corrected chi connectivity index (χ4v) is 4.50. The maximum atomic E-state index is 14.8. The quantitative estimate of drug-likeness (QED) is 0.393. The molecule has 2 aromatic heterocycles.